The fraction of sp³-hybridized carbons (Fsp3) is 0.368. The summed E-state index contributed by atoms with van der Waals surface area (Å²) < 4.78 is 4.94. The monoisotopic (exact) mass is 267 g/mol. The van der Waals surface area contributed by atoms with Crippen molar-refractivity contribution < 1.29 is 4.74 Å². The molecule has 104 valence electrons. The third-order valence-corrected chi connectivity index (χ3v) is 4.58. The number of aliphatic hydroxyl groups is 2. The summed E-state index contributed by atoms with van der Waals surface area (Å²) in [6.45, 7) is 5.46. The molecule has 0 aliphatic carbocycles. The Hall–Kier alpha value is -1.60. The van der Waals surface area contributed by atoms with Crippen molar-refractivity contribution in [2.24, 2.45) is 5.92 Å². The predicted octanol–water partition coefficient (Wildman–Crippen LogP) is 3.93. The van der Waals surface area contributed by atoms with Gasteiger partial charge in [-0.1, -0.05) is 74.5 Å². The largest absolute Gasteiger partial charge is 0.430 e. The Labute approximate surface area is 121 Å². The van der Waals surface area contributed by atoms with Crippen LogP contribution in [0.1, 0.15) is 31.4 Å². The highest BCUT2D eigenvalue weighted by Gasteiger charge is 2.48. The minimum atomic E-state index is 0.0669. The molecule has 2 aromatic carbocycles. The first-order valence-corrected chi connectivity index (χ1v) is 7.50. The Kier molecular flexibility index (Phi) is 3.62. The zero-order valence-corrected chi connectivity index (χ0v) is 12.3. The Morgan fingerprint density at radius 2 is 1.40 bits per heavy atom. The summed E-state index contributed by atoms with van der Waals surface area (Å²) in [6, 6.07) is 21.8. The van der Waals surface area contributed by atoms with E-state index in [2.05, 4.69) is 74.5 Å². The molecule has 2 aromatic rings. The van der Waals surface area contributed by atoms with Crippen molar-refractivity contribution in [3.05, 3.63) is 71.8 Å². The van der Waals surface area contributed by atoms with Crippen LogP contribution in [0.3, 0.4) is 0 Å². The molecule has 1 fully saturated rings. The van der Waals surface area contributed by atoms with Crippen molar-refractivity contribution in [3.63, 3.8) is 0 Å². The van der Waals surface area contributed by atoms with Crippen LogP contribution in [0.4, 0.5) is 0 Å². The first-order chi connectivity index (χ1) is 9.72. The Morgan fingerprint density at radius 1 is 0.900 bits per heavy atom. The van der Waals surface area contributed by atoms with E-state index < -0.39 is 0 Å². The molecule has 1 saturated heterocycles. The lowest BCUT2D eigenvalue weighted by Gasteiger charge is -2.26. The van der Waals surface area contributed by atoms with E-state index in [0.717, 1.165) is 13.0 Å². The fourth-order valence-corrected chi connectivity index (χ4v) is 3.31. The molecule has 1 N–H and O–H groups in total. The highest BCUT2D eigenvalue weighted by molar-refractivity contribution is 5.40. The second-order valence-electron chi connectivity index (χ2n) is 6.17. The normalized spacial score (nSPS) is 21.2. The number of rotatable bonds is 3. The van der Waals surface area contributed by atoms with Gasteiger partial charge in [-0.3, -0.25) is 0 Å². The SMILES string of the molecule is CC(C)C1CC(c2ccccc2)(c2ccccc2)C[OH+]1. The topological polar surface area (TPSA) is 12.8 Å². The Morgan fingerprint density at radius 3 is 1.80 bits per heavy atom. The molecule has 0 amide bonds. The zero-order valence-electron chi connectivity index (χ0n) is 12.3. The standard InChI is InChI=1S/C19H22O/c1-15(2)18-13-19(14-20-18,16-9-5-3-6-10-16)17-11-7-4-8-12-17/h3-12,15,18H,13-14H2,1-2H3/p+1. The van der Waals surface area contributed by atoms with Crippen LogP contribution < -0.4 is 0 Å². The van der Waals surface area contributed by atoms with Gasteiger partial charge >= 0.3 is 0 Å². The molecule has 0 spiro atoms. The summed E-state index contributed by atoms with van der Waals surface area (Å²) in [6.07, 6.45) is 1.59. The van der Waals surface area contributed by atoms with E-state index in [9.17, 15) is 0 Å². The van der Waals surface area contributed by atoms with E-state index in [1.165, 1.54) is 11.1 Å². The van der Waals surface area contributed by atoms with Crippen LogP contribution in [0.15, 0.2) is 60.7 Å². The zero-order chi connectivity index (χ0) is 14.0. The Bertz CT molecular complexity index is 505. The van der Waals surface area contributed by atoms with E-state index in [0.29, 0.717) is 12.0 Å². The van der Waals surface area contributed by atoms with E-state index >= 15 is 0 Å². The number of benzene rings is 2. The summed E-state index contributed by atoms with van der Waals surface area (Å²) >= 11 is 0. The lowest BCUT2D eigenvalue weighted by Crippen LogP contribution is -2.29. The highest BCUT2D eigenvalue weighted by atomic mass is 16.5. The average Bonchev–Trinajstić information content (AvgIpc) is 2.96. The molecule has 1 aliphatic rings. The lowest BCUT2D eigenvalue weighted by atomic mass is 9.72. The smallest absolute Gasteiger partial charge is 0.159 e. The first-order valence-electron chi connectivity index (χ1n) is 7.50. The molecule has 1 unspecified atom stereocenters. The van der Waals surface area contributed by atoms with E-state index in [1.54, 1.807) is 0 Å². The summed E-state index contributed by atoms with van der Waals surface area (Å²) in [7, 11) is 0. The van der Waals surface area contributed by atoms with Crippen LogP contribution in [0.25, 0.3) is 0 Å². The molecular formula is C19H23O+. The molecule has 1 aliphatic heterocycles. The molecular weight excluding hydrogens is 244 g/mol. The van der Waals surface area contributed by atoms with Gasteiger partial charge in [-0.15, -0.1) is 0 Å². The van der Waals surface area contributed by atoms with Gasteiger partial charge in [0.25, 0.3) is 0 Å². The van der Waals surface area contributed by atoms with Gasteiger partial charge in [0.2, 0.25) is 0 Å². The van der Waals surface area contributed by atoms with Gasteiger partial charge in [-0.05, 0) is 11.1 Å². The van der Waals surface area contributed by atoms with E-state index in [-0.39, 0.29) is 5.41 Å². The highest BCUT2D eigenvalue weighted by Crippen LogP contribution is 2.42. The molecule has 1 heterocycles. The van der Waals surface area contributed by atoms with Crippen molar-refractivity contribution in [3.8, 4) is 0 Å². The van der Waals surface area contributed by atoms with Crippen LogP contribution in [-0.2, 0) is 5.41 Å². The van der Waals surface area contributed by atoms with Crippen LogP contribution in [0.5, 0.6) is 0 Å². The van der Waals surface area contributed by atoms with Gasteiger partial charge in [0.05, 0.1) is 5.41 Å². The van der Waals surface area contributed by atoms with Gasteiger partial charge < -0.3 is 4.74 Å². The average molecular weight is 267 g/mol. The van der Waals surface area contributed by atoms with E-state index in [1.807, 2.05) is 0 Å². The van der Waals surface area contributed by atoms with Crippen molar-refractivity contribution in [1.29, 1.82) is 0 Å². The van der Waals surface area contributed by atoms with Gasteiger partial charge in [0, 0.05) is 12.3 Å². The summed E-state index contributed by atoms with van der Waals surface area (Å²) in [5.41, 5.74) is 2.87. The second kappa shape index (κ2) is 5.41. The molecule has 0 radical (unpaired) electrons. The molecule has 0 saturated carbocycles. The molecule has 1 heteroatoms. The van der Waals surface area contributed by atoms with Crippen LogP contribution in [0, 0.1) is 5.92 Å². The number of ether oxygens (including phenoxy) is 1. The first kappa shape index (κ1) is 13.4. The summed E-state index contributed by atoms with van der Waals surface area (Å²) in [5.74, 6) is 0.615. The van der Waals surface area contributed by atoms with Gasteiger partial charge in [-0.2, -0.15) is 0 Å². The maximum atomic E-state index is 4.94. The maximum absolute atomic E-state index is 4.94. The van der Waals surface area contributed by atoms with Crippen LogP contribution in [0.2, 0.25) is 0 Å². The van der Waals surface area contributed by atoms with Crippen molar-refractivity contribution in [1.82, 2.24) is 0 Å². The fourth-order valence-electron chi connectivity index (χ4n) is 3.31. The van der Waals surface area contributed by atoms with Gasteiger partial charge in [0.1, 0.15) is 0 Å². The van der Waals surface area contributed by atoms with Crippen molar-refractivity contribution in [2.45, 2.75) is 31.8 Å². The molecule has 0 bridgehead atoms. The minimum Gasteiger partial charge on any atom is -0.430 e. The number of hydrogen-bond acceptors (Lipinski definition) is 0. The third-order valence-electron chi connectivity index (χ3n) is 4.58. The third kappa shape index (κ3) is 2.27. The molecule has 20 heavy (non-hydrogen) atoms. The second-order valence-corrected chi connectivity index (χ2v) is 6.17. The molecule has 3 rings (SSSR count). The van der Waals surface area contributed by atoms with Crippen LogP contribution >= 0.6 is 0 Å². The van der Waals surface area contributed by atoms with Crippen molar-refractivity contribution >= 4 is 0 Å². The Balaban J connectivity index is 2.06. The summed E-state index contributed by atoms with van der Waals surface area (Å²) in [4.78, 5) is 0. The van der Waals surface area contributed by atoms with Gasteiger partial charge in [-0.25, -0.2) is 0 Å². The quantitative estimate of drug-likeness (QED) is 0.747. The summed E-state index contributed by atoms with van der Waals surface area (Å²) in [5, 5.41) is 0. The number of hydrogen-bond donors (Lipinski definition) is 0. The molecule has 1 nitrogen and oxygen atoms in total. The predicted molar refractivity (Wildman–Crippen MR) is 84.0 cm³/mol. The van der Waals surface area contributed by atoms with Gasteiger partial charge in [0.15, 0.2) is 12.7 Å². The van der Waals surface area contributed by atoms with E-state index in [4.69, 9.17) is 4.74 Å². The lowest BCUT2D eigenvalue weighted by molar-refractivity contribution is -0.0839. The maximum Gasteiger partial charge on any atom is 0.159 e. The molecule has 1 atom stereocenters. The van der Waals surface area contributed by atoms with Crippen LogP contribution in [-0.4, -0.2) is 17.4 Å². The van der Waals surface area contributed by atoms with Crippen molar-refractivity contribution in [2.75, 3.05) is 6.61 Å². The molecule has 0 aromatic heterocycles. The minimum absolute atomic E-state index is 0.0669.